The minimum Gasteiger partial charge on any atom is -0.399 e. The van der Waals surface area contributed by atoms with Crippen molar-refractivity contribution >= 4 is 17.3 Å². The molecule has 0 saturated heterocycles. The van der Waals surface area contributed by atoms with Gasteiger partial charge in [0.05, 0.1) is 6.61 Å². The summed E-state index contributed by atoms with van der Waals surface area (Å²) in [7, 11) is 0. The lowest BCUT2D eigenvalue weighted by Gasteiger charge is -2.09. The third-order valence-corrected chi connectivity index (χ3v) is 3.15. The third kappa shape index (κ3) is 4.93. The van der Waals surface area contributed by atoms with Gasteiger partial charge in [-0.05, 0) is 36.6 Å². The minimum atomic E-state index is -0.170. The van der Waals surface area contributed by atoms with Gasteiger partial charge in [0, 0.05) is 11.4 Å². The van der Waals surface area contributed by atoms with Crippen molar-refractivity contribution in [3.8, 4) is 0 Å². The van der Waals surface area contributed by atoms with Crippen molar-refractivity contribution in [2.75, 3.05) is 24.3 Å². The van der Waals surface area contributed by atoms with Crippen LogP contribution in [0.3, 0.4) is 0 Å². The largest absolute Gasteiger partial charge is 0.399 e. The van der Waals surface area contributed by atoms with E-state index in [4.69, 9.17) is 10.5 Å². The van der Waals surface area contributed by atoms with E-state index in [1.165, 1.54) is 5.56 Å². The number of nitrogen functional groups attached to an aromatic ring is 1. The first-order valence-electron chi connectivity index (χ1n) is 6.93. The maximum Gasteiger partial charge on any atom is 0.250 e. The Balaban J connectivity index is 1.74. The van der Waals surface area contributed by atoms with Gasteiger partial charge >= 0.3 is 0 Å². The van der Waals surface area contributed by atoms with Gasteiger partial charge in [-0.1, -0.05) is 36.4 Å². The molecule has 1 amide bonds. The summed E-state index contributed by atoms with van der Waals surface area (Å²) in [5, 5.41) is 2.81. The molecule has 0 atom stereocenters. The molecule has 0 bridgehead atoms. The topological polar surface area (TPSA) is 64.3 Å². The molecule has 0 spiro atoms. The fourth-order valence-corrected chi connectivity index (χ4v) is 1.96. The first-order valence-corrected chi connectivity index (χ1v) is 6.93. The maximum atomic E-state index is 11.8. The van der Waals surface area contributed by atoms with Gasteiger partial charge in [-0.3, -0.25) is 4.79 Å². The second-order valence-corrected chi connectivity index (χ2v) is 4.91. The molecule has 4 heteroatoms. The number of nitrogens with two attached hydrogens (primary N) is 1. The second-order valence-electron chi connectivity index (χ2n) is 4.91. The number of nitrogens with one attached hydrogen (secondary N) is 1. The van der Waals surface area contributed by atoms with Crippen LogP contribution in [0.25, 0.3) is 0 Å². The Morgan fingerprint density at radius 2 is 1.95 bits per heavy atom. The Kier molecular flexibility index (Phi) is 5.35. The number of hydrogen-bond donors (Lipinski definition) is 2. The van der Waals surface area contributed by atoms with E-state index < -0.39 is 0 Å². The lowest BCUT2D eigenvalue weighted by Crippen LogP contribution is -2.19. The predicted molar refractivity (Wildman–Crippen MR) is 85.2 cm³/mol. The van der Waals surface area contributed by atoms with Gasteiger partial charge in [0.15, 0.2) is 0 Å². The number of benzene rings is 2. The lowest BCUT2D eigenvalue weighted by atomic mass is 10.2. The molecule has 0 aliphatic carbocycles. The van der Waals surface area contributed by atoms with E-state index in [0.717, 1.165) is 17.7 Å². The molecule has 0 aliphatic rings. The molecule has 0 fully saturated rings. The molecule has 2 aromatic rings. The summed E-state index contributed by atoms with van der Waals surface area (Å²) in [6.45, 7) is 2.49. The summed E-state index contributed by atoms with van der Waals surface area (Å²) >= 11 is 0. The van der Waals surface area contributed by atoms with Crippen LogP contribution in [0.2, 0.25) is 0 Å². The van der Waals surface area contributed by atoms with Gasteiger partial charge in [-0.15, -0.1) is 0 Å². The SMILES string of the molecule is Cc1ccc(N)cc1NC(=O)COCCc1ccccc1. The molecular weight excluding hydrogens is 264 g/mol. The van der Waals surface area contributed by atoms with Crippen molar-refractivity contribution in [1.82, 2.24) is 0 Å². The van der Waals surface area contributed by atoms with Crippen molar-refractivity contribution in [1.29, 1.82) is 0 Å². The van der Waals surface area contributed by atoms with Crippen LogP contribution in [0.5, 0.6) is 0 Å². The highest BCUT2D eigenvalue weighted by Crippen LogP contribution is 2.17. The van der Waals surface area contributed by atoms with E-state index in [9.17, 15) is 4.79 Å². The van der Waals surface area contributed by atoms with Gasteiger partial charge < -0.3 is 15.8 Å². The number of carbonyl (C=O) groups is 1. The number of rotatable bonds is 6. The average molecular weight is 284 g/mol. The molecule has 0 unspecified atom stereocenters. The first-order chi connectivity index (χ1) is 10.1. The molecule has 0 heterocycles. The van der Waals surface area contributed by atoms with Crippen molar-refractivity contribution in [3.05, 3.63) is 59.7 Å². The molecule has 0 aromatic heterocycles. The molecule has 0 aliphatic heterocycles. The number of amides is 1. The standard InChI is InChI=1S/C17H20N2O2/c1-13-7-8-15(18)11-16(13)19-17(20)12-21-10-9-14-5-3-2-4-6-14/h2-8,11H,9-10,12,18H2,1H3,(H,19,20). The van der Waals surface area contributed by atoms with Crippen LogP contribution in [-0.4, -0.2) is 19.1 Å². The smallest absolute Gasteiger partial charge is 0.250 e. The van der Waals surface area contributed by atoms with Crippen LogP contribution < -0.4 is 11.1 Å². The Labute approximate surface area is 124 Å². The molecule has 3 N–H and O–H groups in total. The molecular formula is C17H20N2O2. The van der Waals surface area contributed by atoms with Crippen LogP contribution in [0.1, 0.15) is 11.1 Å². The molecule has 2 rings (SSSR count). The van der Waals surface area contributed by atoms with Gasteiger partial charge in [0.1, 0.15) is 6.61 Å². The monoisotopic (exact) mass is 284 g/mol. The minimum absolute atomic E-state index is 0.0427. The summed E-state index contributed by atoms with van der Waals surface area (Å²) in [5.74, 6) is -0.170. The van der Waals surface area contributed by atoms with Crippen LogP contribution in [0, 0.1) is 6.92 Å². The van der Waals surface area contributed by atoms with E-state index in [0.29, 0.717) is 12.3 Å². The molecule has 110 valence electrons. The van der Waals surface area contributed by atoms with E-state index >= 15 is 0 Å². The Morgan fingerprint density at radius 1 is 1.19 bits per heavy atom. The first kappa shape index (κ1) is 15.1. The van der Waals surface area contributed by atoms with Crippen molar-refractivity contribution in [3.63, 3.8) is 0 Å². The van der Waals surface area contributed by atoms with Crippen LogP contribution >= 0.6 is 0 Å². The van der Waals surface area contributed by atoms with Crippen LogP contribution in [-0.2, 0) is 16.0 Å². The highest BCUT2D eigenvalue weighted by Gasteiger charge is 2.05. The average Bonchev–Trinajstić information content (AvgIpc) is 2.48. The van der Waals surface area contributed by atoms with E-state index in [-0.39, 0.29) is 12.5 Å². The third-order valence-electron chi connectivity index (χ3n) is 3.15. The number of anilines is 2. The number of carbonyl (C=O) groups excluding carboxylic acids is 1. The van der Waals surface area contributed by atoms with Crippen LogP contribution in [0.15, 0.2) is 48.5 Å². The number of hydrogen-bond acceptors (Lipinski definition) is 3. The number of aryl methyl sites for hydroxylation is 1. The van der Waals surface area contributed by atoms with Crippen LogP contribution in [0.4, 0.5) is 11.4 Å². The number of ether oxygens (including phenoxy) is 1. The highest BCUT2D eigenvalue weighted by molar-refractivity contribution is 5.92. The Morgan fingerprint density at radius 3 is 2.71 bits per heavy atom. The molecule has 0 radical (unpaired) electrons. The lowest BCUT2D eigenvalue weighted by molar-refractivity contribution is -0.120. The fraction of sp³-hybridized carbons (Fsp3) is 0.235. The predicted octanol–water partition coefficient (Wildman–Crippen LogP) is 2.78. The fourth-order valence-electron chi connectivity index (χ4n) is 1.96. The zero-order valence-electron chi connectivity index (χ0n) is 12.1. The van der Waals surface area contributed by atoms with E-state index in [1.807, 2.05) is 43.3 Å². The van der Waals surface area contributed by atoms with Crippen molar-refractivity contribution in [2.24, 2.45) is 0 Å². The quantitative estimate of drug-likeness (QED) is 0.633. The summed E-state index contributed by atoms with van der Waals surface area (Å²) in [6.07, 6.45) is 0.797. The van der Waals surface area contributed by atoms with Crippen molar-refractivity contribution in [2.45, 2.75) is 13.3 Å². The Hall–Kier alpha value is -2.33. The summed E-state index contributed by atoms with van der Waals surface area (Å²) in [5.41, 5.74) is 9.23. The van der Waals surface area contributed by atoms with Gasteiger partial charge in [-0.2, -0.15) is 0 Å². The molecule has 0 saturated carbocycles. The maximum absolute atomic E-state index is 11.8. The van der Waals surface area contributed by atoms with Gasteiger partial charge in [0.2, 0.25) is 5.91 Å². The van der Waals surface area contributed by atoms with Crippen molar-refractivity contribution < 1.29 is 9.53 Å². The summed E-state index contributed by atoms with van der Waals surface area (Å²) < 4.78 is 5.40. The molecule has 21 heavy (non-hydrogen) atoms. The zero-order chi connectivity index (χ0) is 15.1. The highest BCUT2D eigenvalue weighted by atomic mass is 16.5. The second kappa shape index (κ2) is 7.45. The molecule has 4 nitrogen and oxygen atoms in total. The molecule has 2 aromatic carbocycles. The van der Waals surface area contributed by atoms with Gasteiger partial charge in [0.25, 0.3) is 0 Å². The van der Waals surface area contributed by atoms with E-state index in [2.05, 4.69) is 5.32 Å². The summed E-state index contributed by atoms with van der Waals surface area (Å²) in [6, 6.07) is 15.5. The zero-order valence-corrected chi connectivity index (χ0v) is 12.1. The Bertz CT molecular complexity index is 597. The summed E-state index contributed by atoms with van der Waals surface area (Å²) in [4.78, 5) is 11.8. The van der Waals surface area contributed by atoms with E-state index in [1.54, 1.807) is 12.1 Å². The normalized spacial score (nSPS) is 10.3. The van der Waals surface area contributed by atoms with Gasteiger partial charge in [-0.25, -0.2) is 0 Å².